The van der Waals surface area contributed by atoms with E-state index in [1.165, 1.54) is 11.0 Å². The van der Waals surface area contributed by atoms with Crippen LogP contribution in [0, 0.1) is 18.6 Å². The fourth-order valence-corrected chi connectivity index (χ4v) is 3.53. The lowest BCUT2D eigenvalue weighted by Crippen LogP contribution is -2.57. The van der Waals surface area contributed by atoms with E-state index < -0.39 is 17.2 Å². The highest BCUT2D eigenvalue weighted by molar-refractivity contribution is 5.86. The maximum atomic E-state index is 13.4. The number of rotatable bonds is 6. The number of hydrogen-bond acceptors (Lipinski definition) is 4. The first-order valence-electron chi connectivity index (χ1n) is 8.91. The van der Waals surface area contributed by atoms with Crippen molar-refractivity contribution in [2.45, 2.75) is 38.5 Å². The smallest absolute Gasteiger partial charge is 0.256 e. The molecule has 1 atom stereocenters. The molecular formula is C19H24F2N4O2. The standard InChI is InChI=1S/C19H24F2N4O2/c1-13-9-22-17(23-13)11-24(2)12-19(27)6-3-7-25(18(19)26)10-14-4-5-15(20)16(21)8-14/h4-5,8-9,27H,3,6-7,10-12H2,1-2H3,(H,22,23)/t19-/m0/s1. The second-order valence-electron chi connectivity index (χ2n) is 7.30. The summed E-state index contributed by atoms with van der Waals surface area (Å²) in [4.78, 5) is 23.6. The topological polar surface area (TPSA) is 72.5 Å². The molecule has 6 nitrogen and oxygen atoms in total. The third-order valence-corrected chi connectivity index (χ3v) is 4.77. The zero-order chi connectivity index (χ0) is 19.6. The summed E-state index contributed by atoms with van der Waals surface area (Å²) in [6, 6.07) is 3.58. The van der Waals surface area contributed by atoms with Crippen LogP contribution >= 0.6 is 0 Å². The summed E-state index contributed by atoms with van der Waals surface area (Å²) in [7, 11) is 1.82. The molecule has 1 aromatic heterocycles. The van der Waals surface area contributed by atoms with E-state index in [-0.39, 0.29) is 19.0 Å². The Bertz CT molecular complexity index is 826. The van der Waals surface area contributed by atoms with E-state index in [9.17, 15) is 18.7 Å². The minimum atomic E-state index is -1.51. The molecule has 0 unspecified atom stereocenters. The zero-order valence-corrected chi connectivity index (χ0v) is 15.5. The van der Waals surface area contributed by atoms with Gasteiger partial charge >= 0.3 is 0 Å². The van der Waals surface area contributed by atoms with Crippen LogP contribution in [-0.2, 0) is 17.9 Å². The number of likely N-dealkylation sites (tertiary alicyclic amines) is 1. The molecule has 0 spiro atoms. The number of carbonyl (C=O) groups is 1. The molecule has 1 saturated heterocycles. The highest BCUT2D eigenvalue weighted by atomic mass is 19.2. The molecular weight excluding hydrogens is 354 g/mol. The van der Waals surface area contributed by atoms with Crippen LogP contribution in [0.4, 0.5) is 8.78 Å². The van der Waals surface area contributed by atoms with E-state index >= 15 is 0 Å². The van der Waals surface area contributed by atoms with E-state index in [0.29, 0.717) is 31.5 Å². The van der Waals surface area contributed by atoms with Crippen LogP contribution in [0.15, 0.2) is 24.4 Å². The van der Waals surface area contributed by atoms with E-state index in [4.69, 9.17) is 0 Å². The summed E-state index contributed by atoms with van der Waals surface area (Å²) in [5.74, 6) is -1.49. The number of likely N-dealkylation sites (N-methyl/N-ethyl adjacent to an activating group) is 1. The van der Waals surface area contributed by atoms with Crippen LogP contribution in [-0.4, -0.2) is 56.5 Å². The van der Waals surface area contributed by atoms with Gasteiger partial charge in [-0.1, -0.05) is 6.07 Å². The number of aliphatic hydroxyl groups is 1. The average molecular weight is 378 g/mol. The fourth-order valence-electron chi connectivity index (χ4n) is 3.53. The Balaban J connectivity index is 1.66. The third-order valence-electron chi connectivity index (χ3n) is 4.77. The zero-order valence-electron chi connectivity index (χ0n) is 15.5. The summed E-state index contributed by atoms with van der Waals surface area (Å²) in [5, 5.41) is 10.9. The van der Waals surface area contributed by atoms with Crippen molar-refractivity contribution in [1.82, 2.24) is 19.8 Å². The summed E-state index contributed by atoms with van der Waals surface area (Å²) in [6.45, 7) is 3.16. The molecule has 1 aromatic carbocycles. The van der Waals surface area contributed by atoms with Gasteiger partial charge in [0.25, 0.3) is 5.91 Å². The van der Waals surface area contributed by atoms with Crippen molar-refractivity contribution in [3.63, 3.8) is 0 Å². The van der Waals surface area contributed by atoms with Gasteiger partial charge in [0.05, 0.1) is 6.54 Å². The van der Waals surface area contributed by atoms with E-state index in [1.807, 2.05) is 18.9 Å². The molecule has 0 bridgehead atoms. The predicted octanol–water partition coefficient (Wildman–Crippen LogP) is 1.98. The van der Waals surface area contributed by atoms with E-state index in [2.05, 4.69) is 9.97 Å². The summed E-state index contributed by atoms with van der Waals surface area (Å²) in [6.07, 6.45) is 2.73. The van der Waals surface area contributed by atoms with Gasteiger partial charge in [0, 0.05) is 31.5 Å². The number of aryl methyl sites for hydroxylation is 1. The quantitative estimate of drug-likeness (QED) is 0.806. The maximum Gasteiger partial charge on any atom is 0.256 e. The van der Waals surface area contributed by atoms with Gasteiger partial charge in [0.15, 0.2) is 17.2 Å². The van der Waals surface area contributed by atoms with Crippen LogP contribution < -0.4 is 0 Å². The molecule has 0 aliphatic carbocycles. The van der Waals surface area contributed by atoms with Crippen LogP contribution in [0.25, 0.3) is 0 Å². The predicted molar refractivity (Wildman–Crippen MR) is 95.6 cm³/mol. The number of amides is 1. The second-order valence-corrected chi connectivity index (χ2v) is 7.30. The Kier molecular flexibility index (Phi) is 5.57. The fraction of sp³-hybridized carbons (Fsp3) is 0.474. The Morgan fingerprint density at radius 3 is 2.81 bits per heavy atom. The van der Waals surface area contributed by atoms with Crippen LogP contribution in [0.5, 0.6) is 0 Å². The van der Waals surface area contributed by atoms with Crippen molar-refractivity contribution >= 4 is 5.91 Å². The maximum absolute atomic E-state index is 13.4. The van der Waals surface area contributed by atoms with Gasteiger partial charge in [0.1, 0.15) is 5.82 Å². The Morgan fingerprint density at radius 2 is 2.15 bits per heavy atom. The number of piperidine rings is 1. The first-order chi connectivity index (χ1) is 12.8. The number of nitrogens with one attached hydrogen (secondary N) is 1. The Labute approximate surface area is 156 Å². The molecule has 8 heteroatoms. The number of benzene rings is 1. The van der Waals surface area contributed by atoms with Gasteiger partial charge in [0.2, 0.25) is 0 Å². The first-order valence-corrected chi connectivity index (χ1v) is 8.91. The number of carbonyl (C=O) groups excluding carboxylic acids is 1. The van der Waals surface area contributed by atoms with Crippen LogP contribution in [0.2, 0.25) is 0 Å². The molecule has 2 aromatic rings. The molecule has 1 amide bonds. The minimum Gasteiger partial charge on any atom is -0.379 e. The normalized spacial score (nSPS) is 20.5. The molecule has 2 heterocycles. The van der Waals surface area contributed by atoms with Crippen molar-refractivity contribution < 1.29 is 18.7 Å². The number of H-pyrrole nitrogens is 1. The molecule has 0 saturated carbocycles. The molecule has 27 heavy (non-hydrogen) atoms. The highest BCUT2D eigenvalue weighted by Crippen LogP contribution is 2.25. The molecule has 1 fully saturated rings. The largest absolute Gasteiger partial charge is 0.379 e. The number of imidazole rings is 1. The molecule has 2 N–H and O–H groups in total. The number of halogens is 2. The van der Waals surface area contributed by atoms with Gasteiger partial charge in [-0.3, -0.25) is 9.69 Å². The monoisotopic (exact) mass is 378 g/mol. The number of aromatic amines is 1. The Hall–Kier alpha value is -2.32. The van der Waals surface area contributed by atoms with Crippen molar-refractivity contribution in [3.8, 4) is 0 Å². The van der Waals surface area contributed by atoms with Gasteiger partial charge < -0.3 is 15.0 Å². The molecule has 3 rings (SSSR count). The lowest BCUT2D eigenvalue weighted by molar-refractivity contribution is -0.160. The van der Waals surface area contributed by atoms with Gasteiger partial charge in [-0.2, -0.15) is 0 Å². The van der Waals surface area contributed by atoms with Crippen LogP contribution in [0.1, 0.15) is 29.9 Å². The van der Waals surface area contributed by atoms with Crippen molar-refractivity contribution in [2.24, 2.45) is 0 Å². The number of aromatic nitrogens is 2. The molecule has 146 valence electrons. The van der Waals surface area contributed by atoms with Crippen molar-refractivity contribution in [3.05, 3.63) is 53.1 Å². The molecule has 1 aliphatic heterocycles. The Morgan fingerprint density at radius 1 is 1.37 bits per heavy atom. The van der Waals surface area contributed by atoms with Gasteiger partial charge in [-0.15, -0.1) is 0 Å². The number of nitrogens with zero attached hydrogens (tertiary/aromatic N) is 3. The van der Waals surface area contributed by atoms with Gasteiger partial charge in [-0.05, 0) is 44.5 Å². The van der Waals surface area contributed by atoms with Crippen molar-refractivity contribution in [2.75, 3.05) is 20.1 Å². The summed E-state index contributed by atoms with van der Waals surface area (Å²) >= 11 is 0. The third kappa shape index (κ3) is 4.51. The SMILES string of the molecule is Cc1cnc(CN(C)C[C@@]2(O)CCCN(Cc3ccc(F)c(F)c3)C2=O)[nH]1. The molecule has 1 aliphatic rings. The van der Waals surface area contributed by atoms with E-state index in [1.54, 1.807) is 6.20 Å². The number of hydrogen-bond donors (Lipinski definition) is 2. The van der Waals surface area contributed by atoms with Gasteiger partial charge in [-0.25, -0.2) is 13.8 Å². The molecule has 0 radical (unpaired) electrons. The summed E-state index contributed by atoms with van der Waals surface area (Å²) in [5.41, 5.74) is -0.0674. The second kappa shape index (κ2) is 7.74. The van der Waals surface area contributed by atoms with Crippen molar-refractivity contribution in [1.29, 1.82) is 0 Å². The summed E-state index contributed by atoms with van der Waals surface area (Å²) < 4.78 is 26.5. The average Bonchev–Trinajstić information content (AvgIpc) is 3.00. The lowest BCUT2D eigenvalue weighted by atomic mass is 9.91. The first kappa shape index (κ1) is 19.4. The van der Waals surface area contributed by atoms with E-state index in [0.717, 1.165) is 23.7 Å². The van der Waals surface area contributed by atoms with Crippen LogP contribution in [0.3, 0.4) is 0 Å². The minimum absolute atomic E-state index is 0.138. The highest BCUT2D eigenvalue weighted by Gasteiger charge is 2.42. The lowest BCUT2D eigenvalue weighted by Gasteiger charge is -2.40.